The maximum absolute atomic E-state index is 9.64. The molecule has 9 aromatic rings. The van der Waals surface area contributed by atoms with E-state index < -0.39 is 0 Å². The van der Waals surface area contributed by atoms with Crippen LogP contribution in [0.3, 0.4) is 0 Å². The molecule has 0 aliphatic carbocycles. The molecule has 0 fully saturated rings. The van der Waals surface area contributed by atoms with E-state index in [0.717, 1.165) is 61.5 Å². The number of aromatic nitrogens is 2. The van der Waals surface area contributed by atoms with Crippen LogP contribution in [-0.4, -0.2) is 9.97 Å². The molecule has 8 aromatic carbocycles. The van der Waals surface area contributed by atoms with Gasteiger partial charge in [-0.25, -0.2) is 9.97 Å². The molecule has 1 heterocycles. The normalized spacial score (nSPS) is 10.9. The summed E-state index contributed by atoms with van der Waals surface area (Å²) in [6.07, 6.45) is 0. The lowest BCUT2D eigenvalue weighted by Crippen LogP contribution is -2.00. The zero-order valence-electron chi connectivity index (χ0n) is 29.4. The number of benzene rings is 8. The van der Waals surface area contributed by atoms with Crippen molar-refractivity contribution >= 4 is 10.8 Å². The molecule has 3 nitrogen and oxygen atoms in total. The van der Waals surface area contributed by atoms with Crippen molar-refractivity contribution in [2.45, 2.75) is 0 Å². The lowest BCUT2D eigenvalue weighted by atomic mass is 9.90. The number of hydrogen-bond acceptors (Lipinski definition) is 3. The van der Waals surface area contributed by atoms with E-state index >= 15 is 0 Å². The molecular weight excluding hydrogens is 655 g/mol. The first-order chi connectivity index (χ1) is 26.7. The van der Waals surface area contributed by atoms with Crippen molar-refractivity contribution in [1.82, 2.24) is 9.97 Å². The van der Waals surface area contributed by atoms with Crippen molar-refractivity contribution in [2.75, 3.05) is 0 Å². The van der Waals surface area contributed by atoms with Crippen molar-refractivity contribution in [2.24, 2.45) is 0 Å². The van der Waals surface area contributed by atoms with Gasteiger partial charge in [-0.15, -0.1) is 0 Å². The van der Waals surface area contributed by atoms with E-state index in [2.05, 4.69) is 152 Å². The van der Waals surface area contributed by atoms with Gasteiger partial charge in [0.15, 0.2) is 5.82 Å². The first-order valence-corrected chi connectivity index (χ1v) is 18.1. The lowest BCUT2D eigenvalue weighted by molar-refractivity contribution is 1.18. The molecule has 0 aliphatic rings. The van der Waals surface area contributed by atoms with Crippen LogP contribution in [0.2, 0.25) is 0 Å². The van der Waals surface area contributed by atoms with Crippen LogP contribution in [0.25, 0.3) is 89.2 Å². The van der Waals surface area contributed by atoms with E-state index in [4.69, 9.17) is 9.97 Å². The molecule has 3 heteroatoms. The van der Waals surface area contributed by atoms with Crippen molar-refractivity contribution < 1.29 is 0 Å². The second-order valence-electron chi connectivity index (χ2n) is 13.2. The third-order valence-corrected chi connectivity index (χ3v) is 10.00. The average Bonchev–Trinajstić information content (AvgIpc) is 3.26. The highest BCUT2D eigenvalue weighted by molar-refractivity contribution is 6.05. The molecule has 0 atom stereocenters. The minimum atomic E-state index is 0.676. The smallest absolute Gasteiger partial charge is 0.160 e. The fraction of sp³-hybridized carbons (Fsp3) is 0. The van der Waals surface area contributed by atoms with Gasteiger partial charge in [-0.1, -0.05) is 194 Å². The van der Waals surface area contributed by atoms with Gasteiger partial charge in [0.05, 0.1) is 23.0 Å². The van der Waals surface area contributed by atoms with E-state index in [1.807, 2.05) is 54.6 Å². The van der Waals surface area contributed by atoms with Crippen molar-refractivity contribution in [3.8, 4) is 84.5 Å². The van der Waals surface area contributed by atoms with Crippen molar-refractivity contribution in [3.05, 3.63) is 206 Å². The molecule has 0 unspecified atom stereocenters. The van der Waals surface area contributed by atoms with Crippen LogP contribution < -0.4 is 0 Å². The fourth-order valence-corrected chi connectivity index (χ4v) is 7.34. The Morgan fingerprint density at radius 3 is 1.22 bits per heavy atom. The largest absolute Gasteiger partial charge is 0.227 e. The van der Waals surface area contributed by atoms with Gasteiger partial charge >= 0.3 is 0 Å². The Morgan fingerprint density at radius 2 is 0.704 bits per heavy atom. The summed E-state index contributed by atoms with van der Waals surface area (Å²) in [6.45, 7) is 0. The number of rotatable bonds is 7. The van der Waals surface area contributed by atoms with Gasteiger partial charge in [0, 0.05) is 22.3 Å². The maximum atomic E-state index is 9.64. The summed E-state index contributed by atoms with van der Waals surface area (Å²) in [4.78, 5) is 10.5. The van der Waals surface area contributed by atoms with Gasteiger partial charge in [-0.3, -0.25) is 0 Å². The first kappa shape index (κ1) is 32.5. The quantitative estimate of drug-likeness (QED) is 0.168. The zero-order chi connectivity index (χ0) is 36.3. The predicted octanol–water partition coefficient (Wildman–Crippen LogP) is 13.2. The van der Waals surface area contributed by atoms with Crippen LogP contribution in [0.1, 0.15) is 5.56 Å². The second kappa shape index (κ2) is 14.3. The highest BCUT2D eigenvalue weighted by Crippen LogP contribution is 2.41. The van der Waals surface area contributed by atoms with Gasteiger partial charge in [-0.2, -0.15) is 5.26 Å². The number of nitrogens with zero attached hydrogens (tertiary/aromatic N) is 3. The lowest BCUT2D eigenvalue weighted by Gasteiger charge is -2.17. The topological polar surface area (TPSA) is 49.6 Å². The van der Waals surface area contributed by atoms with E-state index in [0.29, 0.717) is 11.4 Å². The molecule has 1 aromatic heterocycles. The minimum Gasteiger partial charge on any atom is -0.227 e. The Hall–Kier alpha value is -7.41. The highest BCUT2D eigenvalue weighted by atomic mass is 14.9. The van der Waals surface area contributed by atoms with Crippen molar-refractivity contribution in [3.63, 3.8) is 0 Å². The van der Waals surface area contributed by atoms with Crippen LogP contribution in [0.5, 0.6) is 0 Å². The summed E-state index contributed by atoms with van der Waals surface area (Å²) in [6, 6.07) is 71.5. The summed E-state index contributed by atoms with van der Waals surface area (Å²) < 4.78 is 0. The molecule has 0 radical (unpaired) electrons. The summed E-state index contributed by atoms with van der Waals surface area (Å²) in [7, 11) is 0. The molecule has 0 bridgehead atoms. The average molecular weight is 688 g/mol. The Bertz CT molecular complexity index is 2790. The van der Waals surface area contributed by atoms with E-state index in [9.17, 15) is 5.26 Å². The summed E-state index contributed by atoms with van der Waals surface area (Å²) in [5.41, 5.74) is 14.2. The Kier molecular flexibility index (Phi) is 8.61. The van der Waals surface area contributed by atoms with Gasteiger partial charge in [-0.05, 0) is 55.8 Å². The molecule has 9 rings (SSSR count). The highest BCUT2D eigenvalue weighted by Gasteiger charge is 2.20. The SMILES string of the molecule is N#Cc1ccccc1-c1ccc(-c2ccc(-c3ccc(-c4nc(-c5ccccc5)nc(-c5ccccc5)c4-c4ccccc4)cc3)c3ccccc23)cc1. The Labute approximate surface area is 315 Å². The van der Waals surface area contributed by atoms with Gasteiger partial charge in [0.1, 0.15) is 0 Å². The monoisotopic (exact) mass is 687 g/mol. The van der Waals surface area contributed by atoms with Crippen molar-refractivity contribution in [1.29, 1.82) is 5.26 Å². The van der Waals surface area contributed by atoms with Gasteiger partial charge in [0.25, 0.3) is 0 Å². The first-order valence-electron chi connectivity index (χ1n) is 18.1. The molecule has 0 saturated carbocycles. The molecule has 0 saturated heterocycles. The molecule has 0 N–H and O–H groups in total. The molecule has 0 amide bonds. The molecule has 54 heavy (non-hydrogen) atoms. The van der Waals surface area contributed by atoms with E-state index in [1.165, 1.54) is 21.9 Å². The van der Waals surface area contributed by atoms with Crippen LogP contribution in [-0.2, 0) is 0 Å². The summed E-state index contributed by atoms with van der Waals surface area (Å²) >= 11 is 0. The molecular formula is C51H33N3. The third kappa shape index (κ3) is 6.13. The maximum Gasteiger partial charge on any atom is 0.160 e. The molecule has 0 spiro atoms. The number of hydrogen-bond donors (Lipinski definition) is 0. The van der Waals surface area contributed by atoms with Crippen LogP contribution >= 0.6 is 0 Å². The Morgan fingerprint density at radius 1 is 0.315 bits per heavy atom. The third-order valence-electron chi connectivity index (χ3n) is 10.00. The second-order valence-corrected chi connectivity index (χ2v) is 13.2. The number of fused-ring (bicyclic) bond motifs is 1. The van der Waals surface area contributed by atoms with Gasteiger partial charge < -0.3 is 0 Å². The standard InChI is InChI=1S/C51H33N3/c52-34-42-20-10-11-21-43(42)35-24-26-36(27-25-35)44-32-33-45(47-23-13-12-22-46(44)47)37-28-30-40(31-29-37)50-48(38-14-4-1-5-15-38)49(39-16-6-2-7-17-39)53-51(54-50)41-18-8-3-9-19-41/h1-33H. The molecule has 252 valence electrons. The molecule has 0 aliphatic heterocycles. The zero-order valence-corrected chi connectivity index (χ0v) is 29.4. The summed E-state index contributed by atoms with van der Waals surface area (Å²) in [5.74, 6) is 0.692. The fourth-order valence-electron chi connectivity index (χ4n) is 7.34. The van der Waals surface area contributed by atoms with E-state index in [-0.39, 0.29) is 0 Å². The van der Waals surface area contributed by atoms with Gasteiger partial charge in [0.2, 0.25) is 0 Å². The van der Waals surface area contributed by atoms with Crippen LogP contribution in [0.4, 0.5) is 0 Å². The predicted molar refractivity (Wildman–Crippen MR) is 222 cm³/mol. The van der Waals surface area contributed by atoms with E-state index in [1.54, 1.807) is 0 Å². The number of nitriles is 1. The van der Waals surface area contributed by atoms with Crippen LogP contribution in [0.15, 0.2) is 200 Å². The van der Waals surface area contributed by atoms with Crippen LogP contribution in [0, 0.1) is 11.3 Å². The summed E-state index contributed by atoms with van der Waals surface area (Å²) in [5, 5.41) is 12.0. The Balaban J connectivity index is 1.14. The minimum absolute atomic E-state index is 0.676.